The molecule has 26 heavy (non-hydrogen) atoms. The van der Waals surface area contributed by atoms with E-state index in [1.54, 1.807) is 11.2 Å². The van der Waals surface area contributed by atoms with Crippen molar-refractivity contribution in [3.05, 3.63) is 24.8 Å². The Balaban J connectivity index is 1.67. The maximum atomic E-state index is 13.1. The number of piperidine rings is 2. The second-order valence-electron chi connectivity index (χ2n) is 7.64. The molecule has 142 valence electrons. The van der Waals surface area contributed by atoms with Crippen LogP contribution in [0, 0.1) is 5.92 Å². The summed E-state index contributed by atoms with van der Waals surface area (Å²) in [6, 6.07) is 0.308. The molecule has 1 aromatic heterocycles. The van der Waals surface area contributed by atoms with Gasteiger partial charge in [-0.05, 0) is 45.6 Å². The molecule has 0 N–H and O–H groups in total. The van der Waals surface area contributed by atoms with E-state index >= 15 is 0 Å². The van der Waals surface area contributed by atoms with Crippen molar-refractivity contribution >= 4 is 11.8 Å². The molecule has 2 aliphatic heterocycles. The molecule has 0 aliphatic carbocycles. The van der Waals surface area contributed by atoms with Crippen LogP contribution in [0.2, 0.25) is 0 Å². The number of aromatic nitrogens is 3. The van der Waals surface area contributed by atoms with Gasteiger partial charge in [-0.15, -0.1) is 10.2 Å². The number of carbonyl (C=O) groups is 2. The first-order chi connectivity index (χ1) is 12.5. The summed E-state index contributed by atoms with van der Waals surface area (Å²) in [7, 11) is 0. The highest BCUT2D eigenvalue weighted by Crippen LogP contribution is 2.29. The zero-order chi connectivity index (χ0) is 18.7. The Morgan fingerprint density at radius 3 is 2.65 bits per heavy atom. The Morgan fingerprint density at radius 2 is 1.92 bits per heavy atom. The highest BCUT2D eigenvalue weighted by atomic mass is 16.2. The second kappa shape index (κ2) is 8.01. The molecule has 0 spiro atoms. The fourth-order valence-corrected chi connectivity index (χ4v) is 4.10. The maximum absolute atomic E-state index is 13.1. The molecule has 0 aromatic carbocycles. The molecular weight excluding hydrogens is 330 g/mol. The minimum absolute atomic E-state index is 0.0796. The van der Waals surface area contributed by atoms with Crippen molar-refractivity contribution in [2.75, 3.05) is 26.2 Å². The van der Waals surface area contributed by atoms with Crippen LogP contribution >= 0.6 is 0 Å². The molecule has 1 aromatic rings. The van der Waals surface area contributed by atoms with E-state index in [4.69, 9.17) is 0 Å². The minimum Gasteiger partial charge on any atom is -0.342 e. The predicted molar refractivity (Wildman–Crippen MR) is 98.5 cm³/mol. The molecule has 2 amide bonds. The van der Waals surface area contributed by atoms with Crippen molar-refractivity contribution in [3.63, 3.8) is 0 Å². The van der Waals surface area contributed by atoms with Crippen molar-refractivity contribution in [2.24, 2.45) is 5.92 Å². The van der Waals surface area contributed by atoms with E-state index in [2.05, 4.69) is 35.2 Å². The number of carbonyl (C=O) groups excluding carboxylic acids is 2. The van der Waals surface area contributed by atoms with Crippen LogP contribution in [-0.4, -0.2) is 62.6 Å². The number of hydrogen-bond donors (Lipinski definition) is 0. The first kappa shape index (κ1) is 18.6. The maximum Gasteiger partial charge on any atom is 0.245 e. The normalized spacial score (nSPS) is 24.0. The van der Waals surface area contributed by atoms with Crippen LogP contribution in [0.5, 0.6) is 0 Å². The molecule has 7 nitrogen and oxygen atoms in total. The van der Waals surface area contributed by atoms with Gasteiger partial charge in [0.05, 0.1) is 5.92 Å². The predicted octanol–water partition coefficient (Wildman–Crippen LogP) is 1.99. The van der Waals surface area contributed by atoms with Gasteiger partial charge in [0.25, 0.3) is 0 Å². The quantitative estimate of drug-likeness (QED) is 0.771. The van der Waals surface area contributed by atoms with Crippen molar-refractivity contribution in [1.82, 2.24) is 24.6 Å². The van der Waals surface area contributed by atoms with E-state index in [0.29, 0.717) is 19.1 Å². The van der Waals surface area contributed by atoms with Crippen molar-refractivity contribution in [2.45, 2.75) is 51.5 Å². The number of likely N-dealkylation sites (tertiary alicyclic amines) is 2. The molecule has 2 fully saturated rings. The van der Waals surface area contributed by atoms with E-state index < -0.39 is 0 Å². The lowest BCUT2D eigenvalue weighted by molar-refractivity contribution is -0.140. The molecule has 2 unspecified atom stereocenters. The average molecular weight is 359 g/mol. The van der Waals surface area contributed by atoms with Crippen molar-refractivity contribution in [1.29, 1.82) is 0 Å². The summed E-state index contributed by atoms with van der Waals surface area (Å²) in [4.78, 5) is 28.7. The van der Waals surface area contributed by atoms with Gasteiger partial charge in [-0.2, -0.15) is 0 Å². The zero-order valence-electron chi connectivity index (χ0n) is 15.8. The Bertz CT molecular complexity index is 669. The van der Waals surface area contributed by atoms with Crippen LogP contribution in [0.15, 0.2) is 19.0 Å². The summed E-state index contributed by atoms with van der Waals surface area (Å²) in [6.07, 6.45) is 6.84. The highest BCUT2D eigenvalue weighted by molar-refractivity contribution is 5.88. The average Bonchev–Trinajstić information content (AvgIpc) is 3.17. The SMILES string of the molecule is C=CC(=O)N1CCCC(C(=O)N2CCCC(c3nncn3C(C)C)C2)C1. The van der Waals surface area contributed by atoms with Crippen molar-refractivity contribution in [3.8, 4) is 0 Å². The summed E-state index contributed by atoms with van der Waals surface area (Å²) in [5.74, 6) is 1.20. The first-order valence-electron chi connectivity index (χ1n) is 9.60. The van der Waals surface area contributed by atoms with Gasteiger partial charge in [-0.1, -0.05) is 6.58 Å². The standard InChI is InChI=1S/C19H29N5O2/c1-4-17(25)22-9-6-8-16(12-22)19(26)23-10-5-7-15(11-23)18-21-20-13-24(18)14(2)3/h4,13-16H,1,5-12H2,2-3H3. The van der Waals surface area contributed by atoms with Gasteiger partial charge in [-0.25, -0.2) is 0 Å². The fourth-order valence-electron chi connectivity index (χ4n) is 4.10. The van der Waals surface area contributed by atoms with E-state index in [1.165, 1.54) is 6.08 Å². The van der Waals surface area contributed by atoms with Gasteiger partial charge in [-0.3, -0.25) is 9.59 Å². The van der Waals surface area contributed by atoms with Gasteiger partial charge in [0.2, 0.25) is 11.8 Å². The zero-order valence-corrected chi connectivity index (χ0v) is 15.8. The topological polar surface area (TPSA) is 71.3 Å². The van der Waals surface area contributed by atoms with Crippen LogP contribution in [0.1, 0.15) is 57.3 Å². The lowest BCUT2D eigenvalue weighted by Crippen LogP contribution is -2.48. The highest BCUT2D eigenvalue weighted by Gasteiger charge is 2.34. The van der Waals surface area contributed by atoms with Crippen LogP contribution in [0.4, 0.5) is 0 Å². The molecule has 3 heterocycles. The van der Waals surface area contributed by atoms with Gasteiger partial charge < -0.3 is 14.4 Å². The second-order valence-corrected chi connectivity index (χ2v) is 7.64. The summed E-state index contributed by atoms with van der Waals surface area (Å²) >= 11 is 0. The lowest BCUT2D eigenvalue weighted by atomic mass is 9.92. The smallest absolute Gasteiger partial charge is 0.245 e. The Morgan fingerprint density at radius 1 is 1.19 bits per heavy atom. The van der Waals surface area contributed by atoms with Gasteiger partial charge in [0.15, 0.2) is 0 Å². The third kappa shape index (κ3) is 3.81. The monoisotopic (exact) mass is 359 g/mol. The first-order valence-corrected chi connectivity index (χ1v) is 9.60. The molecule has 7 heteroatoms. The number of hydrogen-bond acceptors (Lipinski definition) is 4. The lowest BCUT2D eigenvalue weighted by Gasteiger charge is -2.38. The van der Waals surface area contributed by atoms with Crippen LogP contribution in [0.3, 0.4) is 0 Å². The Kier molecular flexibility index (Phi) is 5.74. The van der Waals surface area contributed by atoms with E-state index in [1.807, 2.05) is 4.90 Å². The van der Waals surface area contributed by atoms with Gasteiger partial charge in [0.1, 0.15) is 12.2 Å². The summed E-state index contributed by atoms with van der Waals surface area (Å²) in [5, 5.41) is 8.40. The third-order valence-electron chi connectivity index (χ3n) is 5.51. The Labute approximate surface area is 155 Å². The molecule has 2 atom stereocenters. The number of nitrogens with zero attached hydrogens (tertiary/aromatic N) is 5. The largest absolute Gasteiger partial charge is 0.342 e. The summed E-state index contributed by atoms with van der Waals surface area (Å²) < 4.78 is 2.10. The summed E-state index contributed by atoms with van der Waals surface area (Å²) in [5.41, 5.74) is 0. The van der Waals surface area contributed by atoms with Crippen LogP contribution < -0.4 is 0 Å². The fraction of sp³-hybridized carbons (Fsp3) is 0.684. The minimum atomic E-state index is -0.102. The molecular formula is C19H29N5O2. The van der Waals surface area contributed by atoms with E-state index in [-0.39, 0.29) is 23.7 Å². The van der Waals surface area contributed by atoms with Crippen molar-refractivity contribution < 1.29 is 9.59 Å². The molecule has 2 aliphatic rings. The van der Waals surface area contributed by atoms with E-state index in [9.17, 15) is 9.59 Å². The van der Waals surface area contributed by atoms with Gasteiger partial charge in [0, 0.05) is 38.1 Å². The van der Waals surface area contributed by atoms with Gasteiger partial charge >= 0.3 is 0 Å². The third-order valence-corrected chi connectivity index (χ3v) is 5.51. The Hall–Kier alpha value is -2.18. The molecule has 2 saturated heterocycles. The molecule has 0 bridgehead atoms. The van der Waals surface area contributed by atoms with Crippen LogP contribution in [-0.2, 0) is 9.59 Å². The number of rotatable bonds is 4. The summed E-state index contributed by atoms with van der Waals surface area (Å²) in [6.45, 7) is 10.5. The van der Waals surface area contributed by atoms with Crippen LogP contribution in [0.25, 0.3) is 0 Å². The van der Waals surface area contributed by atoms with E-state index in [0.717, 1.165) is 44.6 Å². The molecule has 0 saturated carbocycles. The number of amides is 2. The molecule has 0 radical (unpaired) electrons. The molecule has 3 rings (SSSR count).